The van der Waals surface area contributed by atoms with Crippen molar-refractivity contribution < 1.29 is 14.6 Å². The molecule has 2 N–H and O–H groups in total. The lowest BCUT2D eigenvalue weighted by Crippen LogP contribution is -2.45. The lowest BCUT2D eigenvalue weighted by atomic mass is 9.84. The van der Waals surface area contributed by atoms with Gasteiger partial charge in [-0.05, 0) is 57.4 Å². The molecule has 2 fully saturated rings. The minimum absolute atomic E-state index is 0.0627. The molecule has 2 aromatic rings. The molecule has 1 unspecified atom stereocenters. The Balaban J connectivity index is 1.64. The van der Waals surface area contributed by atoms with Crippen molar-refractivity contribution >= 4 is 23.7 Å². The maximum absolute atomic E-state index is 12.1. The number of benzene rings is 1. The highest BCUT2D eigenvalue weighted by molar-refractivity contribution is 5.79. The van der Waals surface area contributed by atoms with Crippen LogP contribution in [0.4, 0.5) is 17.5 Å². The summed E-state index contributed by atoms with van der Waals surface area (Å²) < 4.78 is 5.59. The number of carbonyl (C=O) groups excluding carboxylic acids is 1. The van der Waals surface area contributed by atoms with Crippen LogP contribution in [0.15, 0.2) is 24.3 Å². The Bertz CT molecular complexity index is 976. The fourth-order valence-electron chi connectivity index (χ4n) is 4.84. The lowest BCUT2D eigenvalue weighted by Gasteiger charge is -2.32. The minimum Gasteiger partial charge on any atom is -0.394 e. The monoisotopic (exact) mass is 481 g/mol. The quantitative estimate of drug-likeness (QED) is 0.517. The van der Waals surface area contributed by atoms with Gasteiger partial charge in [0.15, 0.2) is 6.29 Å². The van der Waals surface area contributed by atoms with Gasteiger partial charge in [0.1, 0.15) is 11.5 Å². The van der Waals surface area contributed by atoms with E-state index in [0.29, 0.717) is 55.7 Å². The maximum Gasteiger partial charge on any atom is 0.228 e. The molecule has 1 aromatic carbocycles. The van der Waals surface area contributed by atoms with E-state index in [2.05, 4.69) is 53.3 Å². The third-order valence-corrected chi connectivity index (χ3v) is 7.30. The van der Waals surface area contributed by atoms with E-state index >= 15 is 0 Å². The van der Waals surface area contributed by atoms with Gasteiger partial charge >= 0.3 is 0 Å². The van der Waals surface area contributed by atoms with E-state index in [1.54, 1.807) is 0 Å². The maximum atomic E-state index is 12.1. The topological polar surface area (TPSA) is 90.8 Å². The highest BCUT2D eigenvalue weighted by Gasteiger charge is 2.25. The first-order valence-electron chi connectivity index (χ1n) is 12.9. The summed E-state index contributed by atoms with van der Waals surface area (Å²) in [6.07, 6.45) is 7.04. The van der Waals surface area contributed by atoms with E-state index in [1.165, 1.54) is 37.7 Å². The van der Waals surface area contributed by atoms with Gasteiger partial charge in [0, 0.05) is 36.9 Å². The first-order chi connectivity index (χ1) is 17.0. The van der Waals surface area contributed by atoms with Crippen molar-refractivity contribution in [2.45, 2.75) is 70.6 Å². The highest BCUT2D eigenvalue weighted by atomic mass is 16.5. The molecule has 2 aliphatic rings. The largest absolute Gasteiger partial charge is 0.394 e. The molecular formula is C27H39N5O3. The number of ether oxygens (including phenoxy) is 1. The number of nitrogens with zero attached hydrogens (tertiary/aromatic N) is 4. The number of nitrogens with one attached hydrogen (secondary N) is 1. The zero-order valence-electron chi connectivity index (χ0n) is 21.2. The van der Waals surface area contributed by atoms with Gasteiger partial charge in [-0.1, -0.05) is 31.4 Å². The van der Waals surface area contributed by atoms with Gasteiger partial charge in [-0.25, -0.2) is 4.98 Å². The zero-order valence-corrected chi connectivity index (χ0v) is 21.2. The predicted molar refractivity (Wildman–Crippen MR) is 139 cm³/mol. The molecule has 0 spiro atoms. The van der Waals surface area contributed by atoms with Crippen LogP contribution in [0.1, 0.15) is 73.5 Å². The molecule has 0 amide bonds. The number of morpholine rings is 1. The standard InChI is InChI=1S/C27H39N5O3/c1-19(2)31(3)16-24-25(18-34)29-27(32-13-14-35-23(15-32)17-33)30-26(24)28-22-11-9-21(10-12-22)20-7-5-4-6-8-20/h9-12,18-20,23,33H,4-8,13-17H2,1-3H3,(H,28,29,30). The van der Waals surface area contributed by atoms with Gasteiger partial charge in [-0.2, -0.15) is 4.98 Å². The van der Waals surface area contributed by atoms with E-state index < -0.39 is 0 Å². The summed E-state index contributed by atoms with van der Waals surface area (Å²) in [4.78, 5) is 25.8. The average Bonchev–Trinajstić information content (AvgIpc) is 2.90. The summed E-state index contributed by atoms with van der Waals surface area (Å²) in [5, 5.41) is 13.0. The summed E-state index contributed by atoms with van der Waals surface area (Å²) in [7, 11) is 2.03. The fraction of sp³-hybridized carbons (Fsp3) is 0.593. The summed E-state index contributed by atoms with van der Waals surface area (Å²) in [6, 6.07) is 8.96. The molecule has 4 rings (SSSR count). The summed E-state index contributed by atoms with van der Waals surface area (Å²) in [5.41, 5.74) is 3.50. The summed E-state index contributed by atoms with van der Waals surface area (Å²) in [5.74, 6) is 1.77. The Morgan fingerprint density at radius 2 is 1.94 bits per heavy atom. The van der Waals surface area contributed by atoms with Crippen molar-refractivity contribution in [1.82, 2.24) is 14.9 Å². The van der Waals surface area contributed by atoms with Crippen LogP contribution in [0.5, 0.6) is 0 Å². The Morgan fingerprint density at radius 1 is 1.20 bits per heavy atom. The molecule has 1 saturated heterocycles. The molecule has 8 heteroatoms. The van der Waals surface area contributed by atoms with Crippen LogP contribution in [0.2, 0.25) is 0 Å². The van der Waals surface area contributed by atoms with Crippen LogP contribution in [-0.2, 0) is 11.3 Å². The molecule has 0 radical (unpaired) electrons. The predicted octanol–water partition coefficient (Wildman–Crippen LogP) is 4.12. The number of carbonyl (C=O) groups is 1. The SMILES string of the molecule is CC(C)N(C)Cc1c(C=O)nc(N2CCOC(CO)C2)nc1Nc1ccc(C2CCCCC2)cc1. The molecule has 1 atom stereocenters. The van der Waals surface area contributed by atoms with E-state index in [1.807, 2.05) is 11.9 Å². The smallest absolute Gasteiger partial charge is 0.228 e. The summed E-state index contributed by atoms with van der Waals surface area (Å²) in [6.45, 7) is 6.30. The van der Waals surface area contributed by atoms with E-state index in [4.69, 9.17) is 9.72 Å². The molecule has 1 aliphatic heterocycles. The van der Waals surface area contributed by atoms with Crippen molar-refractivity contribution in [3.63, 3.8) is 0 Å². The zero-order chi connectivity index (χ0) is 24.8. The van der Waals surface area contributed by atoms with Crippen molar-refractivity contribution in [3.05, 3.63) is 41.1 Å². The van der Waals surface area contributed by atoms with E-state index in [9.17, 15) is 9.90 Å². The third kappa shape index (κ3) is 6.37. The van der Waals surface area contributed by atoms with Crippen LogP contribution in [-0.4, -0.2) is 71.8 Å². The summed E-state index contributed by atoms with van der Waals surface area (Å²) >= 11 is 0. The number of aliphatic hydroxyl groups is 1. The Morgan fingerprint density at radius 3 is 2.60 bits per heavy atom. The average molecular weight is 482 g/mol. The number of aldehydes is 1. The second-order valence-electron chi connectivity index (χ2n) is 10.1. The number of aliphatic hydroxyl groups excluding tert-OH is 1. The van der Waals surface area contributed by atoms with Crippen molar-refractivity contribution in [2.75, 3.05) is 43.6 Å². The third-order valence-electron chi connectivity index (χ3n) is 7.30. The van der Waals surface area contributed by atoms with Gasteiger partial charge in [-0.15, -0.1) is 0 Å². The van der Waals surface area contributed by atoms with Crippen LogP contribution in [0, 0.1) is 0 Å². The Hall–Kier alpha value is -2.55. The normalized spacial score (nSPS) is 19.4. The number of rotatable bonds is 9. The molecule has 1 aliphatic carbocycles. The molecule has 8 nitrogen and oxygen atoms in total. The number of hydrogen-bond acceptors (Lipinski definition) is 8. The van der Waals surface area contributed by atoms with Crippen molar-refractivity contribution in [2.24, 2.45) is 0 Å². The van der Waals surface area contributed by atoms with Crippen molar-refractivity contribution in [1.29, 1.82) is 0 Å². The Kier molecular flexibility index (Phi) is 8.70. The highest BCUT2D eigenvalue weighted by Crippen LogP contribution is 2.33. The molecule has 35 heavy (non-hydrogen) atoms. The van der Waals surface area contributed by atoms with E-state index in [0.717, 1.165) is 17.5 Å². The van der Waals surface area contributed by atoms with Gasteiger partial charge < -0.3 is 20.1 Å². The second-order valence-corrected chi connectivity index (χ2v) is 10.1. The molecule has 1 saturated carbocycles. The number of aromatic nitrogens is 2. The Labute approximate surface area is 208 Å². The molecule has 1 aromatic heterocycles. The van der Waals surface area contributed by atoms with Crippen LogP contribution >= 0.6 is 0 Å². The van der Waals surface area contributed by atoms with Gasteiger partial charge in [0.25, 0.3) is 0 Å². The first kappa shape index (κ1) is 25.5. The lowest BCUT2D eigenvalue weighted by molar-refractivity contribution is 0.00314. The molecule has 0 bridgehead atoms. The molecule has 190 valence electrons. The number of hydrogen-bond donors (Lipinski definition) is 2. The van der Waals surface area contributed by atoms with Gasteiger partial charge in [-0.3, -0.25) is 9.69 Å². The first-order valence-corrected chi connectivity index (χ1v) is 12.9. The van der Waals surface area contributed by atoms with Gasteiger partial charge in [0.2, 0.25) is 5.95 Å². The minimum atomic E-state index is -0.289. The van der Waals surface area contributed by atoms with E-state index in [-0.39, 0.29) is 12.7 Å². The molecular weight excluding hydrogens is 442 g/mol. The van der Waals surface area contributed by atoms with Crippen molar-refractivity contribution in [3.8, 4) is 0 Å². The fourth-order valence-corrected chi connectivity index (χ4v) is 4.84. The van der Waals surface area contributed by atoms with Crippen LogP contribution in [0.3, 0.4) is 0 Å². The molecule has 2 heterocycles. The van der Waals surface area contributed by atoms with Gasteiger partial charge in [0.05, 0.1) is 19.3 Å². The second kappa shape index (κ2) is 11.9. The van der Waals surface area contributed by atoms with Crippen LogP contribution in [0.25, 0.3) is 0 Å². The van der Waals surface area contributed by atoms with Crippen LogP contribution < -0.4 is 10.2 Å². The number of anilines is 3.